The molecule has 1 aromatic carbocycles. The molecule has 0 radical (unpaired) electrons. The summed E-state index contributed by atoms with van der Waals surface area (Å²) in [5.41, 5.74) is -1.30. The van der Waals surface area contributed by atoms with Crippen molar-refractivity contribution in [1.29, 1.82) is 0 Å². The summed E-state index contributed by atoms with van der Waals surface area (Å²) in [5, 5.41) is 8.84. The predicted molar refractivity (Wildman–Crippen MR) is 110 cm³/mol. The Morgan fingerprint density at radius 2 is 1.80 bits per heavy atom. The Labute approximate surface area is 175 Å². The zero-order valence-corrected chi connectivity index (χ0v) is 17.9. The molecule has 168 valence electrons. The maximum Gasteiger partial charge on any atom is 0.416 e. The molecule has 0 atom stereocenters. The van der Waals surface area contributed by atoms with Gasteiger partial charge in [0.2, 0.25) is 5.91 Å². The molecule has 0 bridgehead atoms. The quantitative estimate of drug-likeness (QED) is 0.337. The first-order valence-electron chi connectivity index (χ1n) is 10.2. The molecule has 1 saturated carbocycles. The summed E-state index contributed by atoms with van der Waals surface area (Å²) in [7, 11) is 0. The zero-order valence-electron chi connectivity index (χ0n) is 17.9. The molecule has 30 heavy (non-hydrogen) atoms. The molecule has 1 amide bonds. The third-order valence-electron chi connectivity index (χ3n) is 4.23. The fourth-order valence-corrected chi connectivity index (χ4v) is 2.74. The fraction of sp³-hybridized carbons (Fsp3) is 0.619. The molecule has 1 aliphatic rings. The van der Waals surface area contributed by atoms with E-state index in [-0.39, 0.29) is 29.7 Å². The van der Waals surface area contributed by atoms with Gasteiger partial charge in [0.1, 0.15) is 11.4 Å². The SMILES string of the molecule is CCNC(=NCc1ccc(OC(C)(C)C)cc1C(F)(F)F)NCCNC(=O)C1CC1. The first-order chi connectivity index (χ1) is 14.0. The van der Waals surface area contributed by atoms with Crippen molar-refractivity contribution in [2.45, 2.75) is 58.9 Å². The number of halogens is 3. The molecule has 1 aliphatic carbocycles. The number of guanidine groups is 1. The molecule has 0 spiro atoms. The third-order valence-corrected chi connectivity index (χ3v) is 4.23. The zero-order chi connectivity index (χ0) is 22.4. The Kier molecular flexibility index (Phi) is 7.97. The van der Waals surface area contributed by atoms with Gasteiger partial charge in [-0.05, 0) is 58.2 Å². The van der Waals surface area contributed by atoms with Crippen LogP contribution in [0.15, 0.2) is 23.2 Å². The van der Waals surface area contributed by atoms with E-state index >= 15 is 0 Å². The van der Waals surface area contributed by atoms with Crippen molar-refractivity contribution >= 4 is 11.9 Å². The molecule has 0 aromatic heterocycles. The highest BCUT2D eigenvalue weighted by atomic mass is 19.4. The van der Waals surface area contributed by atoms with Crippen molar-refractivity contribution in [3.05, 3.63) is 29.3 Å². The number of hydrogen-bond acceptors (Lipinski definition) is 3. The van der Waals surface area contributed by atoms with E-state index in [4.69, 9.17) is 4.74 Å². The number of alkyl halides is 3. The van der Waals surface area contributed by atoms with Crippen LogP contribution in [0.2, 0.25) is 0 Å². The summed E-state index contributed by atoms with van der Waals surface area (Å²) >= 11 is 0. The van der Waals surface area contributed by atoms with Crippen LogP contribution in [0.25, 0.3) is 0 Å². The molecule has 1 aromatic rings. The average Bonchev–Trinajstić information content (AvgIpc) is 3.46. The summed E-state index contributed by atoms with van der Waals surface area (Å²) in [4.78, 5) is 15.9. The summed E-state index contributed by atoms with van der Waals surface area (Å²) < 4.78 is 46.2. The van der Waals surface area contributed by atoms with E-state index in [1.54, 1.807) is 20.8 Å². The van der Waals surface area contributed by atoms with E-state index in [0.29, 0.717) is 25.6 Å². The maximum absolute atomic E-state index is 13.6. The molecule has 0 saturated heterocycles. The van der Waals surface area contributed by atoms with Crippen LogP contribution in [0.1, 0.15) is 51.7 Å². The minimum atomic E-state index is -4.51. The van der Waals surface area contributed by atoms with Crippen molar-refractivity contribution in [1.82, 2.24) is 16.0 Å². The van der Waals surface area contributed by atoms with Gasteiger partial charge < -0.3 is 20.7 Å². The maximum atomic E-state index is 13.6. The highest BCUT2D eigenvalue weighted by molar-refractivity contribution is 5.81. The van der Waals surface area contributed by atoms with Crippen LogP contribution >= 0.6 is 0 Å². The van der Waals surface area contributed by atoms with E-state index in [9.17, 15) is 18.0 Å². The fourth-order valence-electron chi connectivity index (χ4n) is 2.74. The van der Waals surface area contributed by atoms with Crippen LogP contribution in [0.4, 0.5) is 13.2 Å². The van der Waals surface area contributed by atoms with Gasteiger partial charge in [-0.2, -0.15) is 13.2 Å². The van der Waals surface area contributed by atoms with Crippen molar-refractivity contribution in [3.63, 3.8) is 0 Å². The molecule has 3 N–H and O–H groups in total. The minimum absolute atomic E-state index is 0.0473. The number of ether oxygens (including phenoxy) is 1. The van der Waals surface area contributed by atoms with Crippen LogP contribution in [0.5, 0.6) is 5.75 Å². The number of nitrogens with one attached hydrogen (secondary N) is 3. The van der Waals surface area contributed by atoms with Crippen LogP contribution < -0.4 is 20.7 Å². The number of carbonyl (C=O) groups is 1. The second-order valence-corrected chi connectivity index (χ2v) is 8.22. The normalized spacial score (nSPS) is 15.0. The standard InChI is InChI=1S/C21H31F3N4O2/c1-5-25-19(27-11-10-26-18(29)14-6-7-14)28-13-15-8-9-16(30-20(2,3)4)12-17(15)21(22,23)24/h8-9,12,14H,5-7,10-11,13H2,1-4H3,(H,26,29)(H2,25,27,28). The summed E-state index contributed by atoms with van der Waals surface area (Å²) in [6, 6.07) is 3.94. The molecule has 2 rings (SSSR count). The summed E-state index contributed by atoms with van der Waals surface area (Å²) in [6.45, 7) is 8.46. The van der Waals surface area contributed by atoms with Gasteiger partial charge in [0, 0.05) is 25.6 Å². The molecular formula is C21H31F3N4O2. The number of amides is 1. The largest absolute Gasteiger partial charge is 0.488 e. The Bertz CT molecular complexity index is 754. The Morgan fingerprint density at radius 1 is 1.13 bits per heavy atom. The van der Waals surface area contributed by atoms with Gasteiger partial charge in [-0.15, -0.1) is 0 Å². The highest BCUT2D eigenvalue weighted by Gasteiger charge is 2.34. The van der Waals surface area contributed by atoms with Gasteiger partial charge in [0.15, 0.2) is 5.96 Å². The Hall–Kier alpha value is -2.45. The average molecular weight is 428 g/mol. The van der Waals surface area contributed by atoms with Crippen LogP contribution in [0.3, 0.4) is 0 Å². The van der Waals surface area contributed by atoms with E-state index < -0.39 is 17.3 Å². The van der Waals surface area contributed by atoms with Gasteiger partial charge in [-0.25, -0.2) is 4.99 Å². The van der Waals surface area contributed by atoms with Crippen molar-refractivity contribution in [2.24, 2.45) is 10.9 Å². The lowest BCUT2D eigenvalue weighted by Crippen LogP contribution is -2.41. The molecule has 6 nitrogen and oxygen atoms in total. The summed E-state index contributed by atoms with van der Waals surface area (Å²) in [5.74, 6) is 0.740. The lowest BCUT2D eigenvalue weighted by molar-refractivity contribution is -0.138. The minimum Gasteiger partial charge on any atom is -0.488 e. The number of hydrogen-bond donors (Lipinski definition) is 3. The van der Waals surface area contributed by atoms with Gasteiger partial charge >= 0.3 is 6.18 Å². The molecule has 0 heterocycles. The monoisotopic (exact) mass is 428 g/mol. The molecule has 1 fully saturated rings. The Balaban J connectivity index is 2.04. The van der Waals surface area contributed by atoms with Crippen molar-refractivity contribution in [3.8, 4) is 5.75 Å². The number of rotatable bonds is 8. The summed E-state index contributed by atoms with van der Waals surface area (Å²) in [6.07, 6.45) is -2.64. The van der Waals surface area contributed by atoms with E-state index in [1.165, 1.54) is 12.1 Å². The van der Waals surface area contributed by atoms with Gasteiger partial charge in [0.25, 0.3) is 0 Å². The predicted octanol–water partition coefficient (Wildman–Crippen LogP) is 3.46. The number of aliphatic imine (C=N–C) groups is 1. The third kappa shape index (κ3) is 8.12. The first-order valence-corrected chi connectivity index (χ1v) is 10.2. The Morgan fingerprint density at radius 3 is 2.37 bits per heavy atom. The van der Waals surface area contributed by atoms with Crippen LogP contribution in [-0.4, -0.2) is 37.1 Å². The van der Waals surface area contributed by atoms with E-state index in [1.807, 2.05) is 6.92 Å². The number of benzene rings is 1. The number of nitrogens with zero attached hydrogens (tertiary/aromatic N) is 1. The highest BCUT2D eigenvalue weighted by Crippen LogP contribution is 2.35. The number of carbonyl (C=O) groups excluding carboxylic acids is 1. The van der Waals surface area contributed by atoms with E-state index in [2.05, 4.69) is 20.9 Å². The van der Waals surface area contributed by atoms with Gasteiger partial charge in [0.05, 0.1) is 12.1 Å². The first kappa shape index (κ1) is 23.8. The van der Waals surface area contributed by atoms with E-state index in [0.717, 1.165) is 18.9 Å². The molecule has 9 heteroatoms. The van der Waals surface area contributed by atoms with Crippen LogP contribution in [-0.2, 0) is 17.5 Å². The lowest BCUT2D eigenvalue weighted by Gasteiger charge is -2.22. The smallest absolute Gasteiger partial charge is 0.416 e. The molecule has 0 unspecified atom stereocenters. The van der Waals surface area contributed by atoms with Crippen molar-refractivity contribution < 1.29 is 22.7 Å². The molecule has 0 aliphatic heterocycles. The molecular weight excluding hydrogens is 397 g/mol. The van der Waals surface area contributed by atoms with Gasteiger partial charge in [-0.1, -0.05) is 6.07 Å². The second kappa shape index (κ2) is 10.0. The lowest BCUT2D eigenvalue weighted by atomic mass is 10.1. The van der Waals surface area contributed by atoms with Gasteiger partial charge in [-0.3, -0.25) is 4.79 Å². The van der Waals surface area contributed by atoms with Crippen molar-refractivity contribution in [2.75, 3.05) is 19.6 Å². The second-order valence-electron chi connectivity index (χ2n) is 8.22. The van der Waals surface area contributed by atoms with Crippen LogP contribution in [0, 0.1) is 5.92 Å². The topological polar surface area (TPSA) is 74.8 Å².